The van der Waals surface area contributed by atoms with Gasteiger partial charge in [-0.1, -0.05) is 31.0 Å². The molecule has 3 heteroatoms. The molecule has 0 aliphatic carbocycles. The molecule has 0 aliphatic rings. The van der Waals surface area contributed by atoms with Crippen molar-refractivity contribution in [1.82, 2.24) is 0 Å². The Balaban J connectivity index is 2.00. The van der Waals surface area contributed by atoms with Gasteiger partial charge < -0.3 is 4.74 Å². The number of hydrogen-bond acceptors (Lipinski definition) is 3. The molecular weight excluding hydrogens is 256 g/mol. The summed E-state index contributed by atoms with van der Waals surface area (Å²) < 4.78 is 4.90. The normalized spacial score (nSPS) is 10.4. The van der Waals surface area contributed by atoms with E-state index >= 15 is 0 Å². The molecule has 0 saturated carbocycles. The van der Waals surface area contributed by atoms with E-state index in [-0.39, 0.29) is 5.97 Å². The van der Waals surface area contributed by atoms with Gasteiger partial charge in [0.05, 0.1) is 6.61 Å². The zero-order chi connectivity index (χ0) is 13.9. The van der Waals surface area contributed by atoms with E-state index < -0.39 is 0 Å². The second-order valence-electron chi connectivity index (χ2n) is 4.58. The van der Waals surface area contributed by atoms with Gasteiger partial charge >= 0.3 is 5.97 Å². The largest absolute Gasteiger partial charge is 0.466 e. The number of benzene rings is 1. The van der Waals surface area contributed by atoms with Crippen LogP contribution in [0.5, 0.6) is 0 Å². The fourth-order valence-corrected chi connectivity index (χ4v) is 2.90. The minimum absolute atomic E-state index is 0.0585. The molecule has 19 heavy (non-hydrogen) atoms. The number of carbonyl (C=O) groups excluding carboxylic acids is 1. The summed E-state index contributed by atoms with van der Waals surface area (Å²) in [5, 5.41) is 0. The van der Waals surface area contributed by atoms with Gasteiger partial charge in [-0.25, -0.2) is 0 Å². The van der Waals surface area contributed by atoms with Crippen LogP contribution in [0, 0.1) is 6.92 Å². The van der Waals surface area contributed by atoms with Crippen molar-refractivity contribution in [2.75, 3.05) is 12.4 Å². The molecule has 2 nitrogen and oxygen atoms in total. The van der Waals surface area contributed by atoms with Gasteiger partial charge in [-0.15, -0.1) is 11.8 Å². The first kappa shape index (κ1) is 16.1. The molecule has 0 fully saturated rings. The minimum atomic E-state index is -0.0585. The highest BCUT2D eigenvalue weighted by Gasteiger charge is 2.01. The highest BCUT2D eigenvalue weighted by Crippen LogP contribution is 2.23. The van der Waals surface area contributed by atoms with Crippen LogP contribution in [0.25, 0.3) is 0 Å². The van der Waals surface area contributed by atoms with Crippen LogP contribution in [-0.4, -0.2) is 18.3 Å². The van der Waals surface area contributed by atoms with E-state index in [1.54, 1.807) is 0 Å². The fourth-order valence-electron chi connectivity index (χ4n) is 1.86. The summed E-state index contributed by atoms with van der Waals surface area (Å²) in [7, 11) is 0. The van der Waals surface area contributed by atoms with Crippen molar-refractivity contribution in [3.8, 4) is 0 Å². The summed E-state index contributed by atoms with van der Waals surface area (Å²) in [5.41, 5.74) is 1.36. The molecule has 0 unspecified atom stereocenters. The third kappa shape index (κ3) is 7.26. The first-order valence-electron chi connectivity index (χ1n) is 7.08. The maximum atomic E-state index is 11.1. The lowest BCUT2D eigenvalue weighted by molar-refractivity contribution is -0.143. The van der Waals surface area contributed by atoms with Gasteiger partial charge in [-0.2, -0.15) is 0 Å². The maximum Gasteiger partial charge on any atom is 0.305 e. The lowest BCUT2D eigenvalue weighted by Crippen LogP contribution is -2.03. The van der Waals surface area contributed by atoms with Crippen LogP contribution in [0.4, 0.5) is 0 Å². The average molecular weight is 280 g/mol. The van der Waals surface area contributed by atoms with Gasteiger partial charge in [0.1, 0.15) is 0 Å². The van der Waals surface area contributed by atoms with Gasteiger partial charge in [0.2, 0.25) is 0 Å². The van der Waals surface area contributed by atoms with E-state index in [1.165, 1.54) is 23.3 Å². The number of hydrogen-bond donors (Lipinski definition) is 0. The van der Waals surface area contributed by atoms with E-state index in [1.807, 2.05) is 18.7 Å². The quantitative estimate of drug-likeness (QED) is 0.375. The number of carbonyl (C=O) groups is 1. The number of ether oxygens (including phenoxy) is 1. The van der Waals surface area contributed by atoms with E-state index in [2.05, 4.69) is 31.2 Å². The number of aryl methyl sites for hydroxylation is 1. The van der Waals surface area contributed by atoms with Crippen molar-refractivity contribution in [2.45, 2.75) is 50.8 Å². The predicted octanol–water partition coefficient (Wildman–Crippen LogP) is 4.60. The molecule has 0 aliphatic heterocycles. The Morgan fingerprint density at radius 2 is 1.89 bits per heavy atom. The molecular formula is C16H24O2S. The highest BCUT2D eigenvalue weighted by molar-refractivity contribution is 7.99. The number of thioether (sulfide) groups is 1. The molecule has 1 aromatic rings. The number of esters is 1. The third-order valence-corrected chi connectivity index (χ3v) is 4.19. The van der Waals surface area contributed by atoms with Crippen molar-refractivity contribution in [2.24, 2.45) is 0 Å². The summed E-state index contributed by atoms with van der Waals surface area (Å²) in [6.45, 7) is 4.49. The van der Waals surface area contributed by atoms with Crippen molar-refractivity contribution in [3.63, 3.8) is 0 Å². The van der Waals surface area contributed by atoms with Crippen LogP contribution in [0.2, 0.25) is 0 Å². The Hall–Kier alpha value is -0.960. The second-order valence-corrected chi connectivity index (χ2v) is 5.72. The topological polar surface area (TPSA) is 26.3 Å². The lowest BCUT2D eigenvalue weighted by atomic mass is 10.1. The van der Waals surface area contributed by atoms with Crippen LogP contribution < -0.4 is 0 Å². The molecule has 1 rings (SSSR count). The summed E-state index contributed by atoms with van der Waals surface area (Å²) in [6.07, 6.45) is 5.04. The Morgan fingerprint density at radius 3 is 2.63 bits per heavy atom. The predicted molar refractivity (Wildman–Crippen MR) is 81.6 cm³/mol. The van der Waals surface area contributed by atoms with Gasteiger partial charge in [-0.3, -0.25) is 4.79 Å². The molecule has 0 amide bonds. The fraction of sp³-hybridized carbons (Fsp3) is 0.562. The Bertz CT molecular complexity index is 377. The molecule has 0 N–H and O–H groups in total. The van der Waals surface area contributed by atoms with Gasteiger partial charge in [0.25, 0.3) is 0 Å². The molecule has 1 aromatic carbocycles. The second kappa shape index (κ2) is 9.90. The van der Waals surface area contributed by atoms with Crippen LogP contribution >= 0.6 is 11.8 Å². The first-order chi connectivity index (χ1) is 9.24. The average Bonchev–Trinajstić information content (AvgIpc) is 2.40. The van der Waals surface area contributed by atoms with Gasteiger partial charge in [0, 0.05) is 11.3 Å². The van der Waals surface area contributed by atoms with Gasteiger partial charge in [-0.05, 0) is 44.1 Å². The molecule has 0 atom stereocenters. The van der Waals surface area contributed by atoms with Crippen molar-refractivity contribution in [1.29, 1.82) is 0 Å². The third-order valence-electron chi connectivity index (χ3n) is 2.93. The smallest absolute Gasteiger partial charge is 0.305 e. The van der Waals surface area contributed by atoms with Crippen LogP contribution in [0.1, 0.15) is 44.6 Å². The van der Waals surface area contributed by atoms with Crippen molar-refractivity contribution in [3.05, 3.63) is 29.8 Å². The van der Waals surface area contributed by atoms with Crippen LogP contribution in [-0.2, 0) is 9.53 Å². The van der Waals surface area contributed by atoms with E-state index in [4.69, 9.17) is 4.74 Å². The van der Waals surface area contributed by atoms with Crippen LogP contribution in [0.15, 0.2) is 29.2 Å². The monoisotopic (exact) mass is 280 g/mol. The molecule has 106 valence electrons. The van der Waals surface area contributed by atoms with Crippen molar-refractivity contribution >= 4 is 17.7 Å². The Kier molecular flexibility index (Phi) is 8.39. The summed E-state index contributed by atoms with van der Waals surface area (Å²) >= 11 is 1.93. The SMILES string of the molecule is CCOC(=O)CCCCCCSc1ccccc1C. The summed E-state index contributed by atoms with van der Waals surface area (Å²) in [6, 6.07) is 8.51. The first-order valence-corrected chi connectivity index (χ1v) is 8.06. The van der Waals surface area contributed by atoms with E-state index in [0.717, 1.165) is 18.6 Å². The highest BCUT2D eigenvalue weighted by atomic mass is 32.2. The zero-order valence-electron chi connectivity index (χ0n) is 12.0. The molecule has 0 spiro atoms. The Labute approximate surface area is 120 Å². The van der Waals surface area contributed by atoms with Gasteiger partial charge in [0.15, 0.2) is 0 Å². The lowest BCUT2D eigenvalue weighted by Gasteiger charge is -2.05. The molecule has 0 heterocycles. The Morgan fingerprint density at radius 1 is 1.16 bits per heavy atom. The van der Waals surface area contributed by atoms with E-state index in [9.17, 15) is 4.79 Å². The molecule has 0 aromatic heterocycles. The standard InChI is InChI=1S/C16H24O2S/c1-3-18-16(17)12-6-4-5-9-13-19-15-11-8-7-10-14(15)2/h7-8,10-11H,3-6,9,12-13H2,1-2H3. The summed E-state index contributed by atoms with van der Waals surface area (Å²) in [5.74, 6) is 1.10. The molecule has 0 saturated heterocycles. The molecule has 0 bridgehead atoms. The number of unbranched alkanes of at least 4 members (excludes halogenated alkanes) is 3. The number of rotatable bonds is 9. The molecule has 0 radical (unpaired) electrons. The van der Waals surface area contributed by atoms with Crippen molar-refractivity contribution < 1.29 is 9.53 Å². The van der Waals surface area contributed by atoms with E-state index in [0.29, 0.717) is 13.0 Å². The zero-order valence-corrected chi connectivity index (χ0v) is 12.8. The summed E-state index contributed by atoms with van der Waals surface area (Å²) in [4.78, 5) is 12.5. The van der Waals surface area contributed by atoms with Crippen LogP contribution in [0.3, 0.4) is 0 Å². The maximum absolute atomic E-state index is 11.1. The minimum Gasteiger partial charge on any atom is -0.466 e.